The molecule has 3 aromatic rings. The van der Waals surface area contributed by atoms with E-state index in [0.717, 1.165) is 5.56 Å². The Morgan fingerprint density at radius 2 is 2.00 bits per heavy atom. The van der Waals surface area contributed by atoms with Crippen LogP contribution in [0.5, 0.6) is 5.75 Å². The van der Waals surface area contributed by atoms with E-state index in [9.17, 15) is 4.79 Å². The molecule has 0 saturated carbocycles. The molecule has 6 heteroatoms. The van der Waals surface area contributed by atoms with Crippen LogP contribution in [0.2, 0.25) is 5.02 Å². The molecule has 0 aliphatic rings. The van der Waals surface area contributed by atoms with Gasteiger partial charge < -0.3 is 9.15 Å². The van der Waals surface area contributed by atoms with Gasteiger partial charge in [-0.2, -0.15) is 0 Å². The lowest BCUT2D eigenvalue weighted by Crippen LogP contribution is -2.18. The van der Waals surface area contributed by atoms with Gasteiger partial charge in [-0.25, -0.2) is 15.1 Å². The molecule has 3 rings (SSSR count). The number of amides is 1. The molecule has 2 heterocycles. The van der Waals surface area contributed by atoms with E-state index in [-0.39, 0.29) is 18.3 Å². The molecule has 2 aromatic heterocycles. The standard InChI is InChI=1S/C18H15ClN2O3/c1-12-8-9-20-17(10-12)21-18(22)16-7-6-15(24-16)11-23-14-4-2-13(19)3-5-14/h2-10H,11H2,1H3,(H,20,21,22)/p+1. The molecule has 0 aliphatic carbocycles. The van der Waals surface area contributed by atoms with Gasteiger partial charge >= 0.3 is 5.91 Å². The van der Waals surface area contributed by atoms with Gasteiger partial charge in [-0.3, -0.25) is 0 Å². The number of furan rings is 1. The van der Waals surface area contributed by atoms with Crippen molar-refractivity contribution in [2.45, 2.75) is 13.5 Å². The van der Waals surface area contributed by atoms with E-state index in [2.05, 4.69) is 10.3 Å². The van der Waals surface area contributed by atoms with Crippen molar-refractivity contribution in [3.63, 3.8) is 0 Å². The first-order valence-electron chi connectivity index (χ1n) is 7.37. The summed E-state index contributed by atoms with van der Waals surface area (Å²) in [6.07, 6.45) is 1.76. The van der Waals surface area contributed by atoms with Gasteiger partial charge in [0.25, 0.3) is 5.82 Å². The maximum absolute atomic E-state index is 12.2. The van der Waals surface area contributed by atoms with Gasteiger partial charge in [0, 0.05) is 11.1 Å². The molecular weight excluding hydrogens is 328 g/mol. The average Bonchev–Trinajstić information content (AvgIpc) is 3.03. The number of H-pyrrole nitrogens is 1. The molecule has 2 N–H and O–H groups in total. The summed E-state index contributed by atoms with van der Waals surface area (Å²) in [5.41, 5.74) is 1.04. The zero-order chi connectivity index (χ0) is 16.9. The van der Waals surface area contributed by atoms with Gasteiger partial charge in [-0.05, 0) is 55.0 Å². The van der Waals surface area contributed by atoms with E-state index in [0.29, 0.717) is 22.4 Å². The van der Waals surface area contributed by atoms with Crippen LogP contribution in [0, 0.1) is 6.92 Å². The maximum Gasteiger partial charge on any atom is 0.374 e. The van der Waals surface area contributed by atoms with Gasteiger partial charge in [-0.15, -0.1) is 0 Å². The molecule has 122 valence electrons. The number of carbonyl (C=O) groups is 1. The summed E-state index contributed by atoms with van der Waals surface area (Å²) < 4.78 is 11.1. The fourth-order valence-electron chi connectivity index (χ4n) is 2.10. The van der Waals surface area contributed by atoms with Crippen molar-refractivity contribution in [2.24, 2.45) is 0 Å². The Kier molecular flexibility index (Phi) is 4.82. The topological polar surface area (TPSA) is 65.6 Å². The van der Waals surface area contributed by atoms with Crippen LogP contribution < -0.4 is 15.0 Å². The summed E-state index contributed by atoms with van der Waals surface area (Å²) in [7, 11) is 0. The third-order valence-corrected chi connectivity index (χ3v) is 3.54. The molecule has 1 aromatic carbocycles. The number of carbonyl (C=O) groups excluding carboxylic acids is 1. The number of hydrogen-bond acceptors (Lipinski definition) is 3. The number of nitrogens with one attached hydrogen (secondary N) is 2. The number of rotatable bonds is 5. The largest absolute Gasteiger partial charge is 0.486 e. The minimum absolute atomic E-state index is 0.222. The van der Waals surface area contributed by atoms with E-state index in [1.807, 2.05) is 19.1 Å². The average molecular weight is 344 g/mol. The van der Waals surface area contributed by atoms with Crippen LogP contribution in [-0.2, 0) is 6.61 Å². The van der Waals surface area contributed by atoms with Crippen LogP contribution >= 0.6 is 11.6 Å². The van der Waals surface area contributed by atoms with Gasteiger partial charge in [0.2, 0.25) is 5.76 Å². The van der Waals surface area contributed by atoms with E-state index < -0.39 is 0 Å². The predicted octanol–water partition coefficient (Wildman–Crippen LogP) is 3.89. The van der Waals surface area contributed by atoms with E-state index in [1.54, 1.807) is 42.6 Å². The third kappa shape index (κ3) is 4.14. The number of benzene rings is 1. The highest BCUT2D eigenvalue weighted by Gasteiger charge is 2.17. The van der Waals surface area contributed by atoms with Crippen molar-refractivity contribution < 1.29 is 18.9 Å². The summed E-state index contributed by atoms with van der Waals surface area (Å²) >= 11 is 5.82. The molecule has 24 heavy (non-hydrogen) atoms. The van der Waals surface area contributed by atoms with Crippen LogP contribution in [0.3, 0.4) is 0 Å². The lowest BCUT2D eigenvalue weighted by atomic mass is 10.3. The van der Waals surface area contributed by atoms with Crippen LogP contribution in [-0.4, -0.2) is 5.91 Å². The second-order valence-electron chi connectivity index (χ2n) is 5.24. The lowest BCUT2D eigenvalue weighted by Gasteiger charge is -2.03. The van der Waals surface area contributed by atoms with Crippen LogP contribution in [0.1, 0.15) is 21.9 Å². The second-order valence-corrected chi connectivity index (χ2v) is 5.68. The Balaban J connectivity index is 1.60. The summed E-state index contributed by atoms with van der Waals surface area (Å²) in [4.78, 5) is 15.1. The molecule has 0 aliphatic heterocycles. The first-order valence-corrected chi connectivity index (χ1v) is 7.75. The van der Waals surface area contributed by atoms with Crippen LogP contribution in [0.4, 0.5) is 5.82 Å². The molecule has 0 unspecified atom stereocenters. The quantitative estimate of drug-likeness (QED) is 0.764. The Hall–Kier alpha value is -2.79. The fourth-order valence-corrected chi connectivity index (χ4v) is 2.23. The van der Waals surface area contributed by atoms with Crippen LogP contribution in [0.25, 0.3) is 0 Å². The van der Waals surface area contributed by atoms with Crippen LogP contribution in [0.15, 0.2) is 59.1 Å². The van der Waals surface area contributed by atoms with Crippen molar-refractivity contribution in [1.82, 2.24) is 0 Å². The normalized spacial score (nSPS) is 10.4. The number of aromatic nitrogens is 1. The molecule has 0 atom stereocenters. The summed E-state index contributed by atoms with van der Waals surface area (Å²) in [6.45, 7) is 2.17. The van der Waals surface area contributed by atoms with Crippen molar-refractivity contribution in [1.29, 1.82) is 0 Å². The molecular formula is C18H16ClN2O3+. The molecule has 1 amide bonds. The maximum atomic E-state index is 12.2. The minimum atomic E-state index is -0.324. The molecule has 0 saturated heterocycles. The van der Waals surface area contributed by atoms with E-state index in [4.69, 9.17) is 20.8 Å². The summed E-state index contributed by atoms with van der Waals surface area (Å²) in [6, 6.07) is 14.1. The summed E-state index contributed by atoms with van der Waals surface area (Å²) in [5, 5.41) is 3.39. The number of hydrogen-bond donors (Lipinski definition) is 1. The highest BCUT2D eigenvalue weighted by molar-refractivity contribution is 6.30. The van der Waals surface area contributed by atoms with Gasteiger partial charge in [0.05, 0.1) is 6.20 Å². The molecule has 0 spiro atoms. The number of anilines is 1. The number of ether oxygens (including phenoxy) is 1. The number of halogens is 1. The molecule has 0 fully saturated rings. The molecule has 5 nitrogen and oxygen atoms in total. The van der Waals surface area contributed by atoms with Gasteiger partial charge in [0.15, 0.2) is 0 Å². The smallest absolute Gasteiger partial charge is 0.374 e. The Bertz CT molecular complexity index is 843. The first-order chi connectivity index (χ1) is 11.6. The first kappa shape index (κ1) is 16.1. The Morgan fingerprint density at radius 3 is 2.75 bits per heavy atom. The fraction of sp³-hybridized carbons (Fsp3) is 0.111. The lowest BCUT2D eigenvalue weighted by molar-refractivity contribution is -0.360. The molecule has 0 radical (unpaired) electrons. The minimum Gasteiger partial charge on any atom is -0.486 e. The highest BCUT2D eigenvalue weighted by atomic mass is 35.5. The summed E-state index contributed by atoms with van der Waals surface area (Å²) in [5.74, 6) is 1.74. The van der Waals surface area contributed by atoms with Crippen molar-refractivity contribution in [3.8, 4) is 5.75 Å². The Labute approximate surface area is 144 Å². The number of aryl methyl sites for hydroxylation is 1. The van der Waals surface area contributed by atoms with Gasteiger partial charge in [0.1, 0.15) is 18.1 Å². The SMILES string of the molecule is Cc1cc[nH+]c(NC(=O)c2ccc(COc3ccc(Cl)cc3)o2)c1. The van der Waals surface area contributed by atoms with Crippen molar-refractivity contribution in [2.75, 3.05) is 5.32 Å². The Morgan fingerprint density at radius 1 is 1.21 bits per heavy atom. The van der Waals surface area contributed by atoms with E-state index >= 15 is 0 Å². The zero-order valence-corrected chi connectivity index (χ0v) is 13.8. The van der Waals surface area contributed by atoms with E-state index in [1.165, 1.54) is 0 Å². The molecule has 0 bridgehead atoms. The second kappa shape index (κ2) is 7.19. The monoisotopic (exact) mass is 343 g/mol. The number of pyridine rings is 1. The predicted molar refractivity (Wildman–Crippen MR) is 90.2 cm³/mol. The van der Waals surface area contributed by atoms with Crippen molar-refractivity contribution in [3.05, 3.63) is 76.8 Å². The zero-order valence-electron chi connectivity index (χ0n) is 13.0. The highest BCUT2D eigenvalue weighted by Crippen LogP contribution is 2.18. The van der Waals surface area contributed by atoms with Crippen molar-refractivity contribution >= 4 is 23.3 Å². The van der Waals surface area contributed by atoms with Gasteiger partial charge in [-0.1, -0.05) is 11.6 Å². The third-order valence-electron chi connectivity index (χ3n) is 3.29. The number of aromatic amines is 1.